The summed E-state index contributed by atoms with van der Waals surface area (Å²) >= 11 is 6.72. The first kappa shape index (κ1) is 37.0. The number of nitrogens with one attached hydrogen (secondary N) is 1. The van der Waals surface area contributed by atoms with E-state index in [9.17, 15) is 29.6 Å². The lowest BCUT2D eigenvalue weighted by Crippen LogP contribution is -2.53. The maximum atomic E-state index is 14.0. The smallest absolute Gasteiger partial charge is 0.412 e. The number of hydrogen-bond acceptors (Lipinski definition) is 10. The van der Waals surface area contributed by atoms with E-state index in [2.05, 4.69) is 5.32 Å². The molecule has 2 N–H and O–H groups in total. The van der Waals surface area contributed by atoms with Crippen molar-refractivity contribution in [3.8, 4) is 0 Å². The van der Waals surface area contributed by atoms with E-state index in [0.29, 0.717) is 17.1 Å². The molecule has 2 aromatic rings. The van der Waals surface area contributed by atoms with Crippen LogP contribution in [0.3, 0.4) is 0 Å². The molecule has 2 aromatic carbocycles. The Morgan fingerprint density at radius 3 is 2.64 bits per heavy atom. The highest BCUT2D eigenvalue weighted by Gasteiger charge is 2.64. The Kier molecular flexibility index (Phi) is 10.7. The predicted octanol–water partition coefficient (Wildman–Crippen LogP) is 5.83. The van der Waals surface area contributed by atoms with Crippen molar-refractivity contribution in [3.63, 3.8) is 0 Å². The van der Waals surface area contributed by atoms with Crippen molar-refractivity contribution in [2.75, 3.05) is 24.4 Å². The zero-order valence-electron chi connectivity index (χ0n) is 28.8. The first-order valence-corrected chi connectivity index (χ1v) is 16.7. The summed E-state index contributed by atoms with van der Waals surface area (Å²) in [7, 11) is 3.04. The number of benzene rings is 2. The Labute approximate surface area is 295 Å². The molecule has 3 aliphatic heterocycles. The Balaban J connectivity index is 1.53. The predicted molar refractivity (Wildman–Crippen MR) is 185 cm³/mol. The van der Waals surface area contributed by atoms with Gasteiger partial charge in [0, 0.05) is 32.6 Å². The number of esters is 1. The molecule has 0 aromatic heterocycles. The second-order valence-corrected chi connectivity index (χ2v) is 13.9. The van der Waals surface area contributed by atoms with Crippen LogP contribution in [0.4, 0.5) is 21.9 Å². The van der Waals surface area contributed by atoms with E-state index in [4.69, 9.17) is 30.5 Å². The highest BCUT2D eigenvalue weighted by Crippen LogP contribution is 2.49. The summed E-state index contributed by atoms with van der Waals surface area (Å²) in [6, 6.07) is 9.35. The SMILES string of the molecule is CO[C@@H]1/C=C/C=C(\C)Cc2cc(C)c(Cl)c(c2)N(C)C(=O)C[C@H](OC(=O)Nc2ccccc2[N+](=O)[O-])[C@]2(C)O[C@H]2[C@H](C)[C@@H]2C[C@@]1(O)CC(=O)O2. The number of para-hydroxylation sites is 2. The second-order valence-electron chi connectivity index (χ2n) is 13.5. The molecule has 0 spiro atoms. The molecule has 0 saturated carbocycles. The highest BCUT2D eigenvalue weighted by molar-refractivity contribution is 6.34. The van der Waals surface area contributed by atoms with Gasteiger partial charge in [-0.25, -0.2) is 4.79 Å². The van der Waals surface area contributed by atoms with Gasteiger partial charge in [0.05, 0.1) is 34.6 Å². The Morgan fingerprint density at radius 1 is 1.22 bits per heavy atom. The number of methoxy groups -OCH3 is 1. The normalized spacial score (nSPS) is 31.8. The third kappa shape index (κ3) is 7.70. The monoisotopic (exact) mass is 711 g/mol. The van der Waals surface area contributed by atoms with Crippen LogP contribution in [-0.2, 0) is 35.0 Å². The lowest BCUT2D eigenvalue weighted by atomic mass is 9.78. The van der Waals surface area contributed by atoms with Crippen molar-refractivity contribution < 1.29 is 43.4 Å². The van der Waals surface area contributed by atoms with E-state index < -0.39 is 64.4 Å². The molecule has 0 aliphatic carbocycles. The van der Waals surface area contributed by atoms with Crippen LogP contribution in [0, 0.1) is 23.0 Å². The largest absolute Gasteiger partial charge is 0.462 e. The van der Waals surface area contributed by atoms with Crippen LogP contribution in [0.25, 0.3) is 0 Å². The number of nitrogens with zero attached hydrogens (tertiary/aromatic N) is 2. The molecule has 14 heteroatoms. The van der Waals surface area contributed by atoms with Crippen LogP contribution in [-0.4, -0.2) is 77.8 Å². The van der Waals surface area contributed by atoms with Gasteiger partial charge in [0.1, 0.15) is 35.2 Å². The van der Waals surface area contributed by atoms with Gasteiger partial charge in [-0.2, -0.15) is 0 Å². The van der Waals surface area contributed by atoms with E-state index in [1.165, 1.54) is 36.3 Å². The molecule has 0 unspecified atom stereocenters. The van der Waals surface area contributed by atoms with Gasteiger partial charge in [-0.05, 0) is 50.5 Å². The standard InChI is InChI=1S/C36H42ClN3O10/c1-20-10-9-13-28(47-6)36(44)18-27(48-31(42)19-36)22(3)33-35(4,50-33)29(49-34(43)38-24-11-7-8-12-25(24)40(45)46)17-30(41)39(5)26-16-23(14-20)15-21(2)32(26)37/h7-13,15-16,22,27-29,33,44H,14,17-19H2,1-6H3,(H,38,43)/b13-9+,20-10+/t22-,27+,28-,29+,33+,35+,36-/m1/s1. The highest BCUT2D eigenvalue weighted by atomic mass is 35.5. The summed E-state index contributed by atoms with van der Waals surface area (Å²) in [5, 5.41) is 26.1. The summed E-state index contributed by atoms with van der Waals surface area (Å²) in [5.74, 6) is -1.57. The van der Waals surface area contributed by atoms with Crippen LogP contribution < -0.4 is 10.2 Å². The summed E-state index contributed by atoms with van der Waals surface area (Å²) in [6.45, 7) is 7.26. The van der Waals surface area contributed by atoms with Crippen molar-refractivity contribution in [2.45, 2.75) is 89.0 Å². The molecule has 3 aliphatic rings. The van der Waals surface area contributed by atoms with Gasteiger partial charge in [0.15, 0.2) is 0 Å². The van der Waals surface area contributed by atoms with Crippen LogP contribution >= 0.6 is 11.6 Å². The average Bonchev–Trinajstić information content (AvgIpc) is 3.75. The van der Waals surface area contributed by atoms with Gasteiger partial charge >= 0.3 is 12.1 Å². The lowest BCUT2D eigenvalue weighted by molar-refractivity contribution is -0.383. The minimum absolute atomic E-state index is 0.0380. The summed E-state index contributed by atoms with van der Waals surface area (Å²) in [6.07, 6.45) is 0.772. The minimum atomic E-state index is -1.59. The zero-order chi connectivity index (χ0) is 36.5. The molecule has 2 amide bonds. The number of carbonyl (C=O) groups excluding carboxylic acids is 3. The van der Waals surface area contributed by atoms with Gasteiger partial charge < -0.3 is 29.0 Å². The number of nitro benzene ring substituents is 1. The summed E-state index contributed by atoms with van der Waals surface area (Å²) < 4.78 is 23.4. The number of aryl methyl sites for hydroxylation is 1. The maximum absolute atomic E-state index is 14.0. The van der Waals surface area contributed by atoms with Crippen molar-refractivity contribution in [1.82, 2.24) is 0 Å². The Hall–Kier alpha value is -4.30. The number of fused-ring (bicyclic) bond motifs is 5. The molecule has 3 heterocycles. The lowest BCUT2D eigenvalue weighted by Gasteiger charge is -2.41. The number of rotatable bonds is 4. The fraction of sp³-hybridized carbons (Fsp3) is 0.472. The van der Waals surface area contributed by atoms with Crippen molar-refractivity contribution >= 4 is 46.6 Å². The molecule has 0 radical (unpaired) electrons. The first-order chi connectivity index (χ1) is 23.6. The molecule has 5 rings (SSSR count). The van der Waals surface area contributed by atoms with E-state index >= 15 is 0 Å². The number of nitro groups is 1. The van der Waals surface area contributed by atoms with Crippen LogP contribution in [0.1, 0.15) is 51.2 Å². The summed E-state index contributed by atoms with van der Waals surface area (Å²) in [5.41, 5.74) is -0.176. The number of carbonyl (C=O) groups is 3. The summed E-state index contributed by atoms with van der Waals surface area (Å²) in [4.78, 5) is 52.5. The number of aliphatic hydroxyl groups is 1. The molecule has 268 valence electrons. The number of allylic oxidation sites excluding steroid dienone is 3. The topological polar surface area (TPSA) is 170 Å². The molecule has 7 atom stereocenters. The minimum Gasteiger partial charge on any atom is -0.462 e. The first-order valence-electron chi connectivity index (χ1n) is 16.3. The molecule has 2 saturated heterocycles. The zero-order valence-corrected chi connectivity index (χ0v) is 29.6. The third-order valence-electron chi connectivity index (χ3n) is 9.79. The number of anilines is 2. The van der Waals surface area contributed by atoms with Crippen molar-refractivity contribution in [2.24, 2.45) is 5.92 Å². The fourth-order valence-electron chi connectivity index (χ4n) is 6.90. The van der Waals surface area contributed by atoms with Gasteiger partial charge in [-0.15, -0.1) is 0 Å². The quantitative estimate of drug-likeness (QED) is 0.170. The molecule has 13 nitrogen and oxygen atoms in total. The molecular weight excluding hydrogens is 670 g/mol. The van der Waals surface area contributed by atoms with Crippen LogP contribution in [0.15, 0.2) is 60.2 Å². The second kappa shape index (κ2) is 14.5. The Morgan fingerprint density at radius 2 is 1.94 bits per heavy atom. The van der Waals surface area contributed by atoms with E-state index in [-0.39, 0.29) is 30.6 Å². The van der Waals surface area contributed by atoms with Crippen molar-refractivity contribution in [1.29, 1.82) is 0 Å². The average molecular weight is 712 g/mol. The van der Waals surface area contributed by atoms with Crippen LogP contribution in [0.2, 0.25) is 5.02 Å². The number of amides is 2. The third-order valence-corrected chi connectivity index (χ3v) is 10.3. The maximum Gasteiger partial charge on any atom is 0.412 e. The molecule has 4 bridgehead atoms. The van der Waals surface area contributed by atoms with Gasteiger partial charge in [-0.3, -0.25) is 25.0 Å². The molecule has 50 heavy (non-hydrogen) atoms. The van der Waals surface area contributed by atoms with Gasteiger partial charge in [0.25, 0.3) is 5.69 Å². The number of hydrogen-bond donors (Lipinski definition) is 2. The Bertz CT molecular complexity index is 1750. The van der Waals surface area contributed by atoms with Crippen molar-refractivity contribution in [3.05, 3.63) is 86.5 Å². The molecular formula is C36H42ClN3O10. The van der Waals surface area contributed by atoms with Gasteiger partial charge in [0.2, 0.25) is 5.91 Å². The molecule has 2 fully saturated rings. The number of epoxide rings is 1. The van der Waals surface area contributed by atoms with E-state index in [1.807, 2.05) is 32.1 Å². The van der Waals surface area contributed by atoms with E-state index in [1.54, 1.807) is 33.0 Å². The fourth-order valence-corrected chi connectivity index (χ4v) is 7.14. The van der Waals surface area contributed by atoms with Gasteiger partial charge in [-0.1, -0.05) is 60.5 Å². The van der Waals surface area contributed by atoms with Crippen LogP contribution in [0.5, 0.6) is 0 Å². The number of halogens is 1. The van der Waals surface area contributed by atoms with E-state index in [0.717, 1.165) is 16.7 Å². The number of ether oxygens (including phenoxy) is 4.